The van der Waals surface area contributed by atoms with Gasteiger partial charge in [0.05, 0.1) is 0 Å². The molecule has 2 saturated carbocycles. The number of halogens is 1. The van der Waals surface area contributed by atoms with E-state index in [1.165, 1.54) is 95.6 Å². The summed E-state index contributed by atoms with van der Waals surface area (Å²) < 4.78 is 12.7. The summed E-state index contributed by atoms with van der Waals surface area (Å²) in [6.07, 6.45) is 28.9. The van der Waals surface area contributed by atoms with Crippen molar-refractivity contribution in [2.45, 2.75) is 96.8 Å². The van der Waals surface area contributed by atoms with E-state index in [0.29, 0.717) is 0 Å². The first-order valence-corrected chi connectivity index (χ1v) is 11.8. The van der Waals surface area contributed by atoms with Gasteiger partial charge in [-0.1, -0.05) is 56.9 Å². The number of unbranched alkanes of at least 4 members (excludes halogenated alkanes) is 2. The second kappa shape index (κ2) is 13.8. The van der Waals surface area contributed by atoms with E-state index < -0.39 is 5.83 Å². The summed E-state index contributed by atoms with van der Waals surface area (Å²) in [5, 5.41) is 8.37. The van der Waals surface area contributed by atoms with E-state index >= 15 is 0 Å². The van der Waals surface area contributed by atoms with Gasteiger partial charge in [0.25, 0.3) is 0 Å². The van der Waals surface area contributed by atoms with Gasteiger partial charge in [-0.05, 0) is 94.0 Å². The highest BCUT2D eigenvalue weighted by Gasteiger charge is 2.21. The molecule has 2 aliphatic carbocycles. The molecule has 0 spiro atoms. The Kier molecular flexibility index (Phi) is 11.3. The van der Waals surface area contributed by atoms with Crippen LogP contribution in [0.25, 0.3) is 0 Å². The van der Waals surface area contributed by atoms with Crippen LogP contribution in [0.5, 0.6) is 0 Å². The Balaban J connectivity index is 1.57. The minimum atomic E-state index is -0.714. The molecule has 0 saturated heterocycles. The Bertz CT molecular complexity index is 537. The minimum absolute atomic E-state index is 0.714. The van der Waals surface area contributed by atoms with Crippen molar-refractivity contribution in [2.24, 2.45) is 23.7 Å². The smallest absolute Gasteiger partial charge is 0.195 e. The molecule has 2 heteroatoms. The van der Waals surface area contributed by atoms with E-state index in [4.69, 9.17) is 5.26 Å². The standard InChI is InChI=1S/C26H40FN/c1-2-3-5-8-22-11-15-24(16-12-22)19-20-25-17-13-23(14-18-25)9-6-4-7-10-26(27)21-28/h4,7,10,19-20,22-25H,2-3,5-6,8-9,11-18H2,1H3. The number of nitriles is 1. The number of rotatable bonds is 10. The lowest BCUT2D eigenvalue weighted by Crippen LogP contribution is -2.15. The van der Waals surface area contributed by atoms with Crippen LogP contribution in [-0.4, -0.2) is 0 Å². The number of nitrogens with zero attached hydrogens (tertiary/aromatic N) is 1. The summed E-state index contributed by atoms with van der Waals surface area (Å²) in [7, 11) is 0. The SMILES string of the molecule is CCCCCC1CCC(C=CC2CCC(CCC=CC=C(F)C#N)CC2)CC1. The van der Waals surface area contributed by atoms with Gasteiger partial charge in [-0.2, -0.15) is 9.65 Å². The van der Waals surface area contributed by atoms with Crippen molar-refractivity contribution in [3.8, 4) is 6.07 Å². The Hall–Kier alpha value is -1.36. The van der Waals surface area contributed by atoms with Crippen LogP contribution < -0.4 is 0 Å². The van der Waals surface area contributed by atoms with Crippen molar-refractivity contribution in [1.82, 2.24) is 0 Å². The fourth-order valence-corrected chi connectivity index (χ4v) is 4.95. The summed E-state index contributed by atoms with van der Waals surface area (Å²) in [5.41, 5.74) is 0. The number of hydrogen-bond acceptors (Lipinski definition) is 1. The van der Waals surface area contributed by atoms with Crippen LogP contribution in [0.4, 0.5) is 4.39 Å². The van der Waals surface area contributed by atoms with Crippen molar-refractivity contribution in [3.05, 3.63) is 36.2 Å². The molecule has 0 bridgehead atoms. The maximum atomic E-state index is 12.7. The Labute approximate surface area is 172 Å². The van der Waals surface area contributed by atoms with Crippen molar-refractivity contribution in [1.29, 1.82) is 5.26 Å². The van der Waals surface area contributed by atoms with E-state index in [9.17, 15) is 4.39 Å². The van der Waals surface area contributed by atoms with E-state index in [1.54, 1.807) is 6.08 Å². The number of hydrogen-bond donors (Lipinski definition) is 0. The molecule has 0 atom stereocenters. The van der Waals surface area contributed by atoms with Gasteiger partial charge in [0.15, 0.2) is 5.83 Å². The van der Waals surface area contributed by atoms with Crippen LogP contribution in [-0.2, 0) is 0 Å². The van der Waals surface area contributed by atoms with Crippen LogP contribution in [0.2, 0.25) is 0 Å². The maximum absolute atomic E-state index is 12.7. The zero-order chi connectivity index (χ0) is 20.0. The van der Waals surface area contributed by atoms with Gasteiger partial charge >= 0.3 is 0 Å². The van der Waals surface area contributed by atoms with E-state index in [1.807, 2.05) is 6.08 Å². The van der Waals surface area contributed by atoms with Crippen LogP contribution >= 0.6 is 0 Å². The Morgan fingerprint density at radius 1 is 0.893 bits per heavy atom. The highest BCUT2D eigenvalue weighted by atomic mass is 19.1. The fourth-order valence-electron chi connectivity index (χ4n) is 4.95. The largest absolute Gasteiger partial charge is 0.199 e. The Morgan fingerprint density at radius 3 is 2.00 bits per heavy atom. The lowest BCUT2D eigenvalue weighted by Gasteiger charge is -2.29. The third-order valence-electron chi connectivity index (χ3n) is 6.88. The molecule has 0 radical (unpaired) electrons. The first-order chi connectivity index (χ1) is 13.7. The summed E-state index contributed by atoms with van der Waals surface area (Å²) in [5.74, 6) is 2.74. The first kappa shape index (κ1) is 22.9. The van der Waals surface area contributed by atoms with E-state index in [2.05, 4.69) is 19.1 Å². The highest BCUT2D eigenvalue weighted by molar-refractivity contribution is 5.18. The molecule has 0 heterocycles. The summed E-state index contributed by atoms with van der Waals surface area (Å²) in [4.78, 5) is 0. The van der Waals surface area contributed by atoms with Crippen LogP contribution in [0, 0.1) is 35.0 Å². The molecule has 156 valence electrons. The first-order valence-electron chi connectivity index (χ1n) is 11.8. The fraction of sp³-hybridized carbons (Fsp3) is 0.731. The van der Waals surface area contributed by atoms with Gasteiger partial charge in [-0.25, -0.2) is 0 Å². The molecular formula is C26H40FN. The summed E-state index contributed by atoms with van der Waals surface area (Å²) in [6.45, 7) is 2.30. The monoisotopic (exact) mass is 385 g/mol. The molecule has 0 unspecified atom stereocenters. The average Bonchev–Trinajstić information content (AvgIpc) is 2.74. The zero-order valence-corrected chi connectivity index (χ0v) is 17.9. The molecule has 28 heavy (non-hydrogen) atoms. The molecule has 0 aliphatic heterocycles. The van der Waals surface area contributed by atoms with Gasteiger partial charge in [0.1, 0.15) is 6.07 Å². The predicted octanol–water partition coefficient (Wildman–Crippen LogP) is 8.45. The van der Waals surface area contributed by atoms with Crippen LogP contribution in [0.3, 0.4) is 0 Å². The lowest BCUT2D eigenvalue weighted by atomic mass is 9.77. The molecule has 2 rings (SSSR count). The lowest BCUT2D eigenvalue weighted by molar-refractivity contribution is 0.283. The molecular weight excluding hydrogens is 345 g/mol. The predicted molar refractivity (Wildman–Crippen MR) is 117 cm³/mol. The molecule has 0 amide bonds. The van der Waals surface area contributed by atoms with Crippen molar-refractivity contribution in [2.75, 3.05) is 0 Å². The van der Waals surface area contributed by atoms with Gasteiger partial charge in [-0.3, -0.25) is 0 Å². The van der Waals surface area contributed by atoms with Gasteiger partial charge in [-0.15, -0.1) is 0 Å². The molecule has 0 N–H and O–H groups in total. The van der Waals surface area contributed by atoms with Crippen molar-refractivity contribution in [3.63, 3.8) is 0 Å². The van der Waals surface area contributed by atoms with Crippen LogP contribution in [0.1, 0.15) is 96.8 Å². The highest BCUT2D eigenvalue weighted by Crippen LogP contribution is 2.35. The van der Waals surface area contributed by atoms with E-state index in [0.717, 1.165) is 30.1 Å². The molecule has 0 aromatic heterocycles. The topological polar surface area (TPSA) is 23.8 Å². The zero-order valence-electron chi connectivity index (χ0n) is 17.9. The van der Waals surface area contributed by atoms with Gasteiger partial charge < -0.3 is 0 Å². The van der Waals surface area contributed by atoms with Crippen LogP contribution in [0.15, 0.2) is 36.2 Å². The van der Waals surface area contributed by atoms with Gasteiger partial charge in [0.2, 0.25) is 0 Å². The third-order valence-corrected chi connectivity index (χ3v) is 6.88. The van der Waals surface area contributed by atoms with E-state index in [-0.39, 0.29) is 0 Å². The quantitative estimate of drug-likeness (QED) is 0.160. The average molecular weight is 386 g/mol. The summed E-state index contributed by atoms with van der Waals surface area (Å²) in [6, 6.07) is 1.49. The summed E-state index contributed by atoms with van der Waals surface area (Å²) >= 11 is 0. The Morgan fingerprint density at radius 2 is 1.46 bits per heavy atom. The minimum Gasteiger partial charge on any atom is -0.195 e. The third kappa shape index (κ3) is 9.22. The molecule has 2 fully saturated rings. The number of allylic oxidation sites excluding steroid dienone is 6. The van der Waals surface area contributed by atoms with Crippen molar-refractivity contribution < 1.29 is 4.39 Å². The molecule has 0 aromatic rings. The van der Waals surface area contributed by atoms with Gasteiger partial charge in [0, 0.05) is 0 Å². The second-order valence-electron chi connectivity index (χ2n) is 9.07. The molecule has 0 aromatic carbocycles. The normalized spacial score (nSPS) is 29.4. The maximum Gasteiger partial charge on any atom is 0.199 e. The molecule has 1 nitrogen and oxygen atoms in total. The van der Waals surface area contributed by atoms with Crippen molar-refractivity contribution >= 4 is 0 Å². The molecule has 2 aliphatic rings. The second-order valence-corrected chi connectivity index (χ2v) is 9.07.